The molecule has 7 nitrogen and oxygen atoms in total. The highest BCUT2D eigenvalue weighted by molar-refractivity contribution is 5.98. The Morgan fingerprint density at radius 3 is 2.82 bits per heavy atom. The van der Waals surface area contributed by atoms with Gasteiger partial charge in [-0.15, -0.1) is 0 Å². The third-order valence-corrected chi connectivity index (χ3v) is 6.33. The van der Waals surface area contributed by atoms with Gasteiger partial charge in [-0.25, -0.2) is 9.97 Å². The quantitative estimate of drug-likeness (QED) is 0.830. The normalized spacial score (nSPS) is 20.6. The summed E-state index contributed by atoms with van der Waals surface area (Å²) in [7, 11) is 0. The van der Waals surface area contributed by atoms with Crippen LogP contribution in [0.25, 0.3) is 0 Å². The molecule has 0 radical (unpaired) electrons. The second-order valence-corrected chi connectivity index (χ2v) is 8.75. The van der Waals surface area contributed by atoms with Crippen LogP contribution in [-0.4, -0.2) is 50.2 Å². The van der Waals surface area contributed by atoms with E-state index in [1.54, 1.807) is 12.4 Å². The Hall–Kier alpha value is -2.44. The highest BCUT2D eigenvalue weighted by Crippen LogP contribution is 2.36. The molecule has 1 amide bonds. The van der Waals surface area contributed by atoms with Crippen molar-refractivity contribution in [1.82, 2.24) is 24.6 Å². The smallest absolute Gasteiger partial charge is 0.259 e. The first-order chi connectivity index (χ1) is 13.5. The Balaban J connectivity index is 1.43. The molecule has 1 saturated heterocycles. The fraction of sp³-hybridized carbons (Fsp3) is 0.619. The van der Waals surface area contributed by atoms with Crippen molar-refractivity contribution in [3.05, 3.63) is 36.5 Å². The summed E-state index contributed by atoms with van der Waals surface area (Å²) in [5.41, 5.74) is 0.321. The Kier molecular flexibility index (Phi) is 5.33. The van der Waals surface area contributed by atoms with Gasteiger partial charge in [0.25, 0.3) is 5.91 Å². The summed E-state index contributed by atoms with van der Waals surface area (Å²) in [5, 5.41) is 7.69. The van der Waals surface area contributed by atoms with Crippen molar-refractivity contribution >= 4 is 11.7 Å². The van der Waals surface area contributed by atoms with Gasteiger partial charge in [-0.3, -0.25) is 9.48 Å². The molecule has 0 bridgehead atoms. The van der Waals surface area contributed by atoms with E-state index in [0.29, 0.717) is 23.8 Å². The highest BCUT2D eigenvalue weighted by atomic mass is 16.2. The average Bonchev–Trinajstić information content (AvgIpc) is 3.47. The van der Waals surface area contributed by atoms with E-state index in [2.05, 4.69) is 34.2 Å². The van der Waals surface area contributed by atoms with Gasteiger partial charge in [-0.05, 0) is 38.2 Å². The van der Waals surface area contributed by atoms with Crippen molar-refractivity contribution in [3.63, 3.8) is 0 Å². The molecule has 2 aliphatic rings. The molecule has 0 aromatic carbocycles. The van der Waals surface area contributed by atoms with Crippen LogP contribution >= 0.6 is 0 Å². The summed E-state index contributed by atoms with van der Waals surface area (Å²) in [6.45, 7) is 6.52. The first-order valence-electron chi connectivity index (χ1n) is 10.4. The van der Waals surface area contributed by atoms with Gasteiger partial charge >= 0.3 is 0 Å². The number of nitrogens with zero attached hydrogens (tertiary/aromatic N) is 5. The minimum Gasteiger partial charge on any atom is -0.367 e. The lowest BCUT2D eigenvalue weighted by atomic mass is 9.90. The number of nitrogens with one attached hydrogen (secondary N) is 1. The molecule has 4 rings (SSSR count). The SMILES string of the molecule is CC(C)(CNc1ncncc1C(=O)N1CCC(C2CCCC2)C1)n1cccn1. The number of amides is 1. The van der Waals surface area contributed by atoms with Crippen molar-refractivity contribution in [3.8, 4) is 0 Å². The van der Waals surface area contributed by atoms with Gasteiger partial charge in [-0.1, -0.05) is 25.7 Å². The predicted molar refractivity (Wildman–Crippen MR) is 108 cm³/mol. The molecule has 2 aromatic heterocycles. The molecule has 3 heterocycles. The van der Waals surface area contributed by atoms with Gasteiger partial charge in [0.05, 0.1) is 5.54 Å². The first kappa shape index (κ1) is 18.9. The maximum absolute atomic E-state index is 13.2. The molecule has 1 atom stereocenters. The molecule has 1 saturated carbocycles. The summed E-state index contributed by atoms with van der Waals surface area (Å²) in [5.74, 6) is 2.11. The van der Waals surface area contributed by atoms with E-state index in [4.69, 9.17) is 0 Å². The molecule has 7 heteroatoms. The van der Waals surface area contributed by atoms with E-state index in [-0.39, 0.29) is 11.4 Å². The zero-order valence-electron chi connectivity index (χ0n) is 16.8. The molecule has 150 valence electrons. The predicted octanol–water partition coefficient (Wildman–Crippen LogP) is 3.17. The molecule has 1 aliphatic carbocycles. The van der Waals surface area contributed by atoms with Gasteiger partial charge in [0.1, 0.15) is 17.7 Å². The summed E-state index contributed by atoms with van der Waals surface area (Å²) in [6.07, 6.45) is 13.3. The number of carbonyl (C=O) groups excluding carboxylic acids is 1. The molecule has 2 aromatic rings. The second-order valence-electron chi connectivity index (χ2n) is 8.75. The fourth-order valence-electron chi connectivity index (χ4n) is 4.59. The van der Waals surface area contributed by atoms with E-state index < -0.39 is 0 Å². The number of hydrogen-bond acceptors (Lipinski definition) is 5. The lowest BCUT2D eigenvalue weighted by Crippen LogP contribution is -2.36. The molecule has 28 heavy (non-hydrogen) atoms. The maximum Gasteiger partial charge on any atom is 0.259 e. The summed E-state index contributed by atoms with van der Waals surface area (Å²) in [4.78, 5) is 23.6. The van der Waals surface area contributed by atoms with E-state index in [0.717, 1.165) is 25.4 Å². The van der Waals surface area contributed by atoms with Crippen LogP contribution in [0.2, 0.25) is 0 Å². The van der Waals surface area contributed by atoms with Crippen molar-refractivity contribution in [1.29, 1.82) is 0 Å². The van der Waals surface area contributed by atoms with Crippen LogP contribution in [0.4, 0.5) is 5.82 Å². The lowest BCUT2D eigenvalue weighted by molar-refractivity contribution is 0.0782. The van der Waals surface area contributed by atoms with Gasteiger partial charge in [0.15, 0.2) is 0 Å². The van der Waals surface area contributed by atoms with Crippen molar-refractivity contribution in [2.75, 3.05) is 25.0 Å². The number of rotatable bonds is 6. The van der Waals surface area contributed by atoms with Crippen LogP contribution in [0.1, 0.15) is 56.3 Å². The van der Waals surface area contributed by atoms with E-state index in [1.165, 1.54) is 32.0 Å². The number of hydrogen-bond donors (Lipinski definition) is 1. The number of aromatic nitrogens is 4. The molecule has 1 aliphatic heterocycles. The Bertz CT molecular complexity index is 797. The van der Waals surface area contributed by atoms with Crippen molar-refractivity contribution < 1.29 is 4.79 Å². The summed E-state index contributed by atoms with van der Waals surface area (Å²) >= 11 is 0. The van der Waals surface area contributed by atoms with Gasteiger partial charge in [0, 0.05) is 38.2 Å². The van der Waals surface area contributed by atoms with Crippen molar-refractivity contribution in [2.24, 2.45) is 11.8 Å². The van der Waals surface area contributed by atoms with E-state index in [9.17, 15) is 4.79 Å². The van der Waals surface area contributed by atoms with Gasteiger partial charge < -0.3 is 10.2 Å². The van der Waals surface area contributed by atoms with E-state index >= 15 is 0 Å². The number of carbonyl (C=O) groups is 1. The van der Waals surface area contributed by atoms with Crippen LogP contribution in [-0.2, 0) is 5.54 Å². The first-order valence-corrected chi connectivity index (χ1v) is 10.4. The standard InChI is InChI=1S/C21H30N6O/c1-21(2,27-10-5-9-25-27)14-23-19-18(12-22-15-24-19)20(28)26-11-8-17(13-26)16-6-3-4-7-16/h5,9-10,12,15-17H,3-4,6-8,11,13-14H2,1-2H3,(H,22,23,24). The zero-order chi connectivity index (χ0) is 19.6. The Morgan fingerprint density at radius 2 is 2.07 bits per heavy atom. The van der Waals surface area contributed by atoms with Crippen LogP contribution < -0.4 is 5.32 Å². The lowest BCUT2D eigenvalue weighted by Gasteiger charge is -2.26. The minimum atomic E-state index is -0.240. The van der Waals surface area contributed by atoms with Crippen LogP contribution in [0, 0.1) is 11.8 Å². The molecular formula is C21H30N6O. The largest absolute Gasteiger partial charge is 0.367 e. The summed E-state index contributed by atoms with van der Waals surface area (Å²) < 4.78 is 1.91. The Morgan fingerprint density at radius 1 is 1.25 bits per heavy atom. The topological polar surface area (TPSA) is 75.9 Å². The Labute approximate surface area is 166 Å². The minimum absolute atomic E-state index is 0.0421. The number of anilines is 1. The van der Waals surface area contributed by atoms with Crippen LogP contribution in [0.5, 0.6) is 0 Å². The van der Waals surface area contributed by atoms with Crippen LogP contribution in [0.15, 0.2) is 31.0 Å². The van der Waals surface area contributed by atoms with Gasteiger partial charge in [0.2, 0.25) is 0 Å². The zero-order valence-corrected chi connectivity index (χ0v) is 16.8. The summed E-state index contributed by atoms with van der Waals surface area (Å²) in [6, 6.07) is 1.91. The van der Waals surface area contributed by atoms with E-state index in [1.807, 2.05) is 21.8 Å². The van der Waals surface area contributed by atoms with Gasteiger partial charge in [-0.2, -0.15) is 5.10 Å². The molecule has 2 fully saturated rings. The molecule has 1 unspecified atom stereocenters. The third-order valence-electron chi connectivity index (χ3n) is 6.33. The molecular weight excluding hydrogens is 352 g/mol. The third kappa shape index (κ3) is 3.88. The monoisotopic (exact) mass is 382 g/mol. The number of likely N-dealkylation sites (tertiary alicyclic amines) is 1. The fourth-order valence-corrected chi connectivity index (χ4v) is 4.59. The van der Waals surface area contributed by atoms with Crippen molar-refractivity contribution in [2.45, 2.75) is 51.5 Å². The molecule has 1 N–H and O–H groups in total. The second kappa shape index (κ2) is 7.89. The van der Waals surface area contributed by atoms with Crippen LogP contribution in [0.3, 0.4) is 0 Å². The molecule has 0 spiro atoms. The highest BCUT2D eigenvalue weighted by Gasteiger charge is 2.34. The maximum atomic E-state index is 13.2. The average molecular weight is 383 g/mol.